The van der Waals surface area contributed by atoms with Gasteiger partial charge in [-0.2, -0.15) is 0 Å². The molecule has 0 N–H and O–H groups in total. The van der Waals surface area contributed by atoms with Gasteiger partial charge in [-0.15, -0.1) is 0 Å². The number of hydrogen-bond acceptors (Lipinski definition) is 2. The molecule has 1 saturated heterocycles. The molecule has 1 rings (SSSR count). The average Bonchev–Trinajstić information content (AvgIpc) is 2.12. The molecule has 0 aromatic carbocycles. The van der Waals surface area contributed by atoms with E-state index < -0.39 is 0 Å². The molecule has 0 aliphatic carbocycles. The lowest BCUT2D eigenvalue weighted by Gasteiger charge is -2.33. The van der Waals surface area contributed by atoms with Gasteiger partial charge in [-0.1, -0.05) is 27.7 Å². The molecule has 1 unspecified atom stereocenters. The van der Waals surface area contributed by atoms with E-state index in [2.05, 4.69) is 25.8 Å². The first-order valence-corrected chi connectivity index (χ1v) is 5.48. The van der Waals surface area contributed by atoms with Crippen LogP contribution in [0.2, 0.25) is 0 Å². The molecule has 0 spiro atoms. The average molecular weight is 187 g/mol. The number of hydrogen-bond donors (Lipinski definition) is 0. The van der Waals surface area contributed by atoms with Crippen LogP contribution < -0.4 is 0 Å². The summed E-state index contributed by atoms with van der Waals surface area (Å²) in [5.74, 6) is 0.782. The molecule has 1 aliphatic rings. The summed E-state index contributed by atoms with van der Waals surface area (Å²) >= 11 is 0. The van der Waals surface area contributed by atoms with E-state index in [4.69, 9.17) is 4.74 Å². The summed E-state index contributed by atoms with van der Waals surface area (Å²) in [6.45, 7) is 11.5. The normalized spacial score (nSPS) is 24.0. The maximum absolute atomic E-state index is 5.41. The lowest BCUT2D eigenvalue weighted by atomic mass is 10.0. The number of rotatable bonds is 2. The first-order chi connectivity index (χ1) is 6.20. The second-order valence-electron chi connectivity index (χ2n) is 3.84. The number of nitrogens with zero attached hydrogens (tertiary/aromatic N) is 1. The minimum absolute atomic E-state index is 0.656. The third kappa shape index (κ3) is 5.27. The maximum atomic E-state index is 5.41. The molecule has 2 nitrogen and oxygen atoms in total. The van der Waals surface area contributed by atoms with Crippen molar-refractivity contribution in [2.45, 2.75) is 40.2 Å². The van der Waals surface area contributed by atoms with Crippen molar-refractivity contribution in [3.05, 3.63) is 0 Å². The van der Waals surface area contributed by atoms with E-state index in [0.29, 0.717) is 6.04 Å². The van der Waals surface area contributed by atoms with Crippen LogP contribution in [-0.2, 0) is 4.74 Å². The Hall–Kier alpha value is -0.0800. The van der Waals surface area contributed by atoms with E-state index in [1.807, 2.05) is 13.8 Å². The van der Waals surface area contributed by atoms with E-state index in [-0.39, 0.29) is 0 Å². The molecule has 1 heterocycles. The summed E-state index contributed by atoms with van der Waals surface area (Å²) < 4.78 is 5.41. The monoisotopic (exact) mass is 187 g/mol. The van der Waals surface area contributed by atoms with Crippen molar-refractivity contribution in [1.82, 2.24) is 4.90 Å². The molecular weight excluding hydrogens is 162 g/mol. The Morgan fingerprint density at radius 2 is 2.00 bits per heavy atom. The fourth-order valence-corrected chi connectivity index (χ4v) is 1.53. The van der Waals surface area contributed by atoms with E-state index >= 15 is 0 Å². The van der Waals surface area contributed by atoms with Gasteiger partial charge in [0.15, 0.2) is 0 Å². The third-order valence-electron chi connectivity index (χ3n) is 2.27. The molecule has 0 amide bonds. The van der Waals surface area contributed by atoms with Gasteiger partial charge < -0.3 is 4.74 Å². The molecule has 2 heteroatoms. The first-order valence-electron chi connectivity index (χ1n) is 5.48. The summed E-state index contributed by atoms with van der Waals surface area (Å²) in [4.78, 5) is 2.41. The Morgan fingerprint density at radius 3 is 2.46 bits per heavy atom. The van der Waals surface area contributed by atoms with Crippen molar-refractivity contribution >= 4 is 0 Å². The predicted octanol–water partition coefficient (Wildman–Crippen LogP) is 2.39. The van der Waals surface area contributed by atoms with Crippen molar-refractivity contribution in [2.75, 3.05) is 26.8 Å². The SMILES string of the molecule is CC.CC(C)CC1COCCN1C. The zero-order valence-electron chi connectivity index (χ0n) is 9.84. The van der Waals surface area contributed by atoms with Crippen molar-refractivity contribution in [3.8, 4) is 0 Å². The van der Waals surface area contributed by atoms with Gasteiger partial charge in [-0.25, -0.2) is 0 Å². The van der Waals surface area contributed by atoms with Crippen LogP contribution >= 0.6 is 0 Å². The largest absolute Gasteiger partial charge is 0.378 e. The summed E-state index contributed by atoms with van der Waals surface area (Å²) in [6, 6.07) is 0.656. The smallest absolute Gasteiger partial charge is 0.0622 e. The summed E-state index contributed by atoms with van der Waals surface area (Å²) in [6.07, 6.45) is 1.26. The molecule has 1 aliphatic heterocycles. The van der Waals surface area contributed by atoms with E-state index in [9.17, 15) is 0 Å². The quantitative estimate of drug-likeness (QED) is 0.658. The Morgan fingerprint density at radius 1 is 1.38 bits per heavy atom. The van der Waals surface area contributed by atoms with Crippen molar-refractivity contribution < 1.29 is 4.74 Å². The zero-order chi connectivity index (χ0) is 10.3. The standard InChI is InChI=1S/C9H19NO.C2H6/c1-8(2)6-9-7-11-5-4-10(9)3;1-2/h8-9H,4-7H2,1-3H3;1-2H3. The molecule has 0 bridgehead atoms. The number of likely N-dealkylation sites (N-methyl/N-ethyl adjacent to an activating group) is 1. The number of morpholine rings is 1. The lowest BCUT2D eigenvalue weighted by Crippen LogP contribution is -2.43. The van der Waals surface area contributed by atoms with Crippen LogP contribution in [0, 0.1) is 5.92 Å². The minimum atomic E-state index is 0.656. The first kappa shape index (κ1) is 12.9. The van der Waals surface area contributed by atoms with E-state index in [0.717, 1.165) is 25.7 Å². The predicted molar refractivity (Wildman–Crippen MR) is 58.0 cm³/mol. The summed E-state index contributed by atoms with van der Waals surface area (Å²) in [5, 5.41) is 0. The van der Waals surface area contributed by atoms with Crippen LogP contribution in [0.1, 0.15) is 34.1 Å². The van der Waals surface area contributed by atoms with E-state index in [1.165, 1.54) is 6.42 Å². The Labute approximate surface area is 83.3 Å². The van der Waals surface area contributed by atoms with Crippen LogP contribution in [-0.4, -0.2) is 37.7 Å². The molecule has 80 valence electrons. The zero-order valence-corrected chi connectivity index (χ0v) is 9.84. The molecule has 13 heavy (non-hydrogen) atoms. The third-order valence-corrected chi connectivity index (χ3v) is 2.27. The van der Waals surface area contributed by atoms with Gasteiger partial charge in [0, 0.05) is 12.6 Å². The number of ether oxygens (including phenoxy) is 1. The van der Waals surface area contributed by atoms with Crippen molar-refractivity contribution in [3.63, 3.8) is 0 Å². The van der Waals surface area contributed by atoms with Gasteiger partial charge in [-0.3, -0.25) is 4.90 Å². The van der Waals surface area contributed by atoms with Crippen molar-refractivity contribution in [2.24, 2.45) is 5.92 Å². The molecule has 1 fully saturated rings. The van der Waals surface area contributed by atoms with Gasteiger partial charge >= 0.3 is 0 Å². The molecule has 1 atom stereocenters. The fourth-order valence-electron chi connectivity index (χ4n) is 1.53. The maximum Gasteiger partial charge on any atom is 0.0622 e. The van der Waals surface area contributed by atoms with Gasteiger partial charge in [0.2, 0.25) is 0 Å². The van der Waals surface area contributed by atoms with Gasteiger partial charge in [-0.05, 0) is 19.4 Å². The van der Waals surface area contributed by atoms with Crippen LogP contribution in [0.5, 0.6) is 0 Å². The minimum Gasteiger partial charge on any atom is -0.378 e. The molecule has 0 radical (unpaired) electrons. The second kappa shape index (κ2) is 7.34. The molecular formula is C11H25NO. The summed E-state index contributed by atoms with van der Waals surface area (Å²) in [5.41, 5.74) is 0. The topological polar surface area (TPSA) is 12.5 Å². The van der Waals surface area contributed by atoms with Gasteiger partial charge in [0.1, 0.15) is 0 Å². The highest BCUT2D eigenvalue weighted by atomic mass is 16.5. The van der Waals surface area contributed by atoms with Crippen LogP contribution in [0.15, 0.2) is 0 Å². The molecule has 0 saturated carbocycles. The Balaban J connectivity index is 0.000000671. The van der Waals surface area contributed by atoms with Crippen molar-refractivity contribution in [1.29, 1.82) is 0 Å². The van der Waals surface area contributed by atoms with E-state index in [1.54, 1.807) is 0 Å². The van der Waals surface area contributed by atoms with Crippen LogP contribution in [0.25, 0.3) is 0 Å². The lowest BCUT2D eigenvalue weighted by molar-refractivity contribution is -0.00131. The summed E-state index contributed by atoms with van der Waals surface area (Å²) in [7, 11) is 2.19. The Bertz CT molecular complexity index is 115. The van der Waals surface area contributed by atoms with Crippen LogP contribution in [0.4, 0.5) is 0 Å². The van der Waals surface area contributed by atoms with Crippen LogP contribution in [0.3, 0.4) is 0 Å². The Kier molecular flexibility index (Phi) is 7.29. The van der Waals surface area contributed by atoms with Gasteiger partial charge in [0.25, 0.3) is 0 Å². The highest BCUT2D eigenvalue weighted by Crippen LogP contribution is 2.13. The highest BCUT2D eigenvalue weighted by Gasteiger charge is 2.19. The molecule has 0 aromatic heterocycles. The molecule has 0 aromatic rings. The van der Waals surface area contributed by atoms with Gasteiger partial charge in [0.05, 0.1) is 13.2 Å². The highest BCUT2D eigenvalue weighted by molar-refractivity contribution is 4.73. The second-order valence-corrected chi connectivity index (χ2v) is 3.84. The fraction of sp³-hybridized carbons (Fsp3) is 1.00.